The van der Waals surface area contributed by atoms with Crippen molar-refractivity contribution in [3.05, 3.63) is 47.5 Å². The van der Waals surface area contributed by atoms with Crippen molar-refractivity contribution in [1.82, 2.24) is 0 Å². The summed E-state index contributed by atoms with van der Waals surface area (Å²) in [6.45, 7) is 0. The molecule has 0 aromatic heterocycles. The molecular formula is C14H13O2. The lowest BCUT2D eigenvalue weighted by Gasteiger charge is -2.15. The van der Waals surface area contributed by atoms with Crippen LogP contribution in [0.25, 0.3) is 0 Å². The van der Waals surface area contributed by atoms with Crippen molar-refractivity contribution >= 4 is 12.1 Å². The van der Waals surface area contributed by atoms with E-state index in [2.05, 4.69) is 0 Å². The number of ketones is 1. The van der Waals surface area contributed by atoms with Gasteiger partial charge in [-0.3, -0.25) is 9.59 Å². The second-order valence-corrected chi connectivity index (χ2v) is 3.98. The molecule has 16 heavy (non-hydrogen) atoms. The minimum atomic E-state index is -0.0664. The molecule has 0 bridgehead atoms. The molecule has 1 aliphatic carbocycles. The van der Waals surface area contributed by atoms with E-state index in [1.807, 2.05) is 18.4 Å². The van der Waals surface area contributed by atoms with Crippen LogP contribution in [-0.4, -0.2) is 12.1 Å². The average molecular weight is 213 g/mol. The molecule has 0 N–H and O–H groups in total. The lowest BCUT2D eigenvalue weighted by molar-refractivity contribution is 0.0936. The minimum absolute atomic E-state index is 0.0369. The van der Waals surface area contributed by atoms with Crippen molar-refractivity contribution in [3.8, 4) is 0 Å². The van der Waals surface area contributed by atoms with Crippen molar-refractivity contribution in [2.24, 2.45) is 5.92 Å². The third-order valence-corrected chi connectivity index (χ3v) is 2.89. The molecule has 0 spiro atoms. The van der Waals surface area contributed by atoms with Crippen LogP contribution in [-0.2, 0) is 4.79 Å². The third kappa shape index (κ3) is 2.11. The van der Waals surface area contributed by atoms with Crippen molar-refractivity contribution in [3.63, 3.8) is 0 Å². The van der Waals surface area contributed by atoms with Gasteiger partial charge in [0.2, 0.25) is 6.29 Å². The summed E-state index contributed by atoms with van der Waals surface area (Å²) < 4.78 is 0. The summed E-state index contributed by atoms with van der Waals surface area (Å²) in [5.74, 6) is -0.0295. The maximum Gasteiger partial charge on any atom is 0.234 e. The first-order valence-electron chi connectivity index (χ1n) is 5.51. The normalized spacial score (nSPS) is 19.4. The summed E-state index contributed by atoms with van der Waals surface area (Å²) in [5.41, 5.74) is 0.862. The van der Waals surface area contributed by atoms with E-state index in [0.29, 0.717) is 11.1 Å². The maximum absolute atomic E-state index is 12.1. The first-order valence-corrected chi connectivity index (χ1v) is 5.51. The number of hydrogen-bond acceptors (Lipinski definition) is 2. The van der Waals surface area contributed by atoms with E-state index >= 15 is 0 Å². The van der Waals surface area contributed by atoms with Gasteiger partial charge in [-0.15, -0.1) is 0 Å². The van der Waals surface area contributed by atoms with Crippen LogP contribution < -0.4 is 0 Å². The zero-order valence-electron chi connectivity index (χ0n) is 8.98. The van der Waals surface area contributed by atoms with Gasteiger partial charge in [-0.2, -0.15) is 0 Å². The average Bonchev–Trinajstić information content (AvgIpc) is 2.39. The second kappa shape index (κ2) is 4.88. The quantitative estimate of drug-likeness (QED) is 0.571. The lowest BCUT2D eigenvalue weighted by Crippen LogP contribution is -2.16. The number of rotatable bonds is 3. The Morgan fingerprint density at radius 2 is 2.12 bits per heavy atom. The van der Waals surface area contributed by atoms with Crippen LogP contribution in [0.15, 0.2) is 36.4 Å². The number of carbonyl (C=O) groups excluding carboxylic acids is 2. The molecule has 81 valence electrons. The first kappa shape index (κ1) is 10.8. The van der Waals surface area contributed by atoms with Gasteiger partial charge in [0.15, 0.2) is 5.78 Å². The highest BCUT2D eigenvalue weighted by Gasteiger charge is 2.20. The Labute approximate surface area is 95.0 Å². The molecule has 0 fully saturated rings. The summed E-state index contributed by atoms with van der Waals surface area (Å²) in [7, 11) is 0. The summed E-state index contributed by atoms with van der Waals surface area (Å²) in [5, 5.41) is 0. The van der Waals surface area contributed by atoms with E-state index in [1.165, 1.54) is 0 Å². The van der Waals surface area contributed by atoms with Gasteiger partial charge in [0.05, 0.1) is 0 Å². The Bertz CT molecular complexity index is 432. The Kier molecular flexibility index (Phi) is 3.30. The number of benzene rings is 1. The summed E-state index contributed by atoms with van der Waals surface area (Å²) in [6, 6.07) is 6.85. The predicted octanol–water partition coefficient (Wildman–Crippen LogP) is 2.68. The molecule has 1 aromatic carbocycles. The highest BCUT2D eigenvalue weighted by Crippen LogP contribution is 2.22. The monoisotopic (exact) mass is 213 g/mol. The van der Waals surface area contributed by atoms with E-state index < -0.39 is 0 Å². The molecule has 1 atom stereocenters. The van der Waals surface area contributed by atoms with Gasteiger partial charge in [0.25, 0.3) is 0 Å². The molecule has 1 radical (unpaired) electrons. The lowest BCUT2D eigenvalue weighted by atomic mass is 9.87. The highest BCUT2D eigenvalue weighted by molar-refractivity contribution is 6.04. The van der Waals surface area contributed by atoms with E-state index in [4.69, 9.17) is 0 Å². The summed E-state index contributed by atoms with van der Waals surface area (Å²) in [4.78, 5) is 22.9. The van der Waals surface area contributed by atoms with Gasteiger partial charge in [0, 0.05) is 17.0 Å². The van der Waals surface area contributed by atoms with E-state index in [9.17, 15) is 9.59 Å². The molecule has 1 aromatic rings. The summed E-state index contributed by atoms with van der Waals surface area (Å²) in [6.07, 6.45) is 8.78. The van der Waals surface area contributed by atoms with Crippen LogP contribution in [0.2, 0.25) is 0 Å². The van der Waals surface area contributed by atoms with Crippen molar-refractivity contribution < 1.29 is 9.59 Å². The SMILES string of the molecule is O=[C]c1ccccc1C(=O)C1C=CCCC1. The van der Waals surface area contributed by atoms with E-state index in [0.717, 1.165) is 19.3 Å². The Hall–Kier alpha value is -1.70. The molecule has 1 aliphatic rings. The molecule has 0 saturated carbocycles. The van der Waals surface area contributed by atoms with Crippen LogP contribution >= 0.6 is 0 Å². The zero-order chi connectivity index (χ0) is 11.4. The second-order valence-electron chi connectivity index (χ2n) is 3.98. The highest BCUT2D eigenvalue weighted by atomic mass is 16.1. The van der Waals surface area contributed by atoms with Gasteiger partial charge in [-0.25, -0.2) is 0 Å². The molecule has 1 unspecified atom stereocenters. The van der Waals surface area contributed by atoms with Crippen LogP contribution in [0, 0.1) is 5.92 Å². The smallest absolute Gasteiger partial charge is 0.234 e. The molecule has 2 heteroatoms. The fourth-order valence-corrected chi connectivity index (χ4v) is 2.02. The van der Waals surface area contributed by atoms with Gasteiger partial charge in [-0.1, -0.05) is 36.4 Å². The third-order valence-electron chi connectivity index (χ3n) is 2.89. The molecule has 0 amide bonds. The number of hydrogen-bond donors (Lipinski definition) is 0. The number of Topliss-reactive ketones (excluding diaryl/α,β-unsaturated/α-hetero) is 1. The largest absolute Gasteiger partial charge is 0.293 e. The fourth-order valence-electron chi connectivity index (χ4n) is 2.02. The Morgan fingerprint density at radius 1 is 1.31 bits per heavy atom. The Balaban J connectivity index is 2.29. The van der Waals surface area contributed by atoms with Crippen LogP contribution in [0.1, 0.15) is 35.2 Å². The van der Waals surface area contributed by atoms with Gasteiger partial charge >= 0.3 is 0 Å². The zero-order valence-corrected chi connectivity index (χ0v) is 8.98. The maximum atomic E-state index is 12.1. The molecular weight excluding hydrogens is 200 g/mol. The fraction of sp³-hybridized carbons (Fsp3) is 0.286. The molecule has 0 heterocycles. The van der Waals surface area contributed by atoms with Gasteiger partial charge in [0.1, 0.15) is 0 Å². The molecule has 2 rings (SSSR count). The van der Waals surface area contributed by atoms with Crippen molar-refractivity contribution in [2.45, 2.75) is 19.3 Å². The topological polar surface area (TPSA) is 34.1 Å². The molecule has 0 aliphatic heterocycles. The van der Waals surface area contributed by atoms with Gasteiger partial charge in [-0.05, 0) is 19.3 Å². The standard InChI is InChI=1S/C14H13O2/c15-10-12-8-4-5-9-13(12)14(16)11-6-2-1-3-7-11/h2,4-6,8-9,11H,1,3,7H2. The molecule has 0 saturated heterocycles. The van der Waals surface area contributed by atoms with Crippen molar-refractivity contribution in [2.75, 3.05) is 0 Å². The molecule has 2 nitrogen and oxygen atoms in total. The number of carbonyl (C=O) groups is 1. The minimum Gasteiger partial charge on any atom is -0.293 e. The summed E-state index contributed by atoms with van der Waals surface area (Å²) >= 11 is 0. The van der Waals surface area contributed by atoms with E-state index in [1.54, 1.807) is 24.3 Å². The number of allylic oxidation sites excluding steroid dienone is 2. The Morgan fingerprint density at radius 3 is 2.81 bits per heavy atom. The van der Waals surface area contributed by atoms with Crippen molar-refractivity contribution in [1.29, 1.82) is 0 Å². The first-order chi connectivity index (χ1) is 7.83. The van der Waals surface area contributed by atoms with Crippen LogP contribution in [0.3, 0.4) is 0 Å². The predicted molar refractivity (Wildman–Crippen MR) is 62.0 cm³/mol. The van der Waals surface area contributed by atoms with Crippen LogP contribution in [0.4, 0.5) is 0 Å². The van der Waals surface area contributed by atoms with Crippen LogP contribution in [0.5, 0.6) is 0 Å². The van der Waals surface area contributed by atoms with E-state index in [-0.39, 0.29) is 11.7 Å². The van der Waals surface area contributed by atoms with Gasteiger partial charge < -0.3 is 0 Å².